The van der Waals surface area contributed by atoms with Gasteiger partial charge in [0.1, 0.15) is 11.3 Å². The number of ether oxygens (including phenoxy) is 2. The Morgan fingerprint density at radius 2 is 1.80 bits per heavy atom. The lowest BCUT2D eigenvalue weighted by atomic mass is 9.85. The molecule has 0 aliphatic rings. The molecule has 0 bridgehead atoms. The lowest BCUT2D eigenvalue weighted by Crippen LogP contribution is -2.26. The normalized spacial score (nSPS) is 11.6. The fourth-order valence-corrected chi connectivity index (χ4v) is 2.53. The number of H-pyrrole nitrogens is 1. The van der Waals surface area contributed by atoms with Gasteiger partial charge in [0.2, 0.25) is 0 Å². The zero-order valence-corrected chi connectivity index (χ0v) is 15.1. The summed E-state index contributed by atoms with van der Waals surface area (Å²) in [4.78, 5) is 31.3. The lowest BCUT2D eigenvalue weighted by molar-refractivity contribution is 0.0512. The number of carbonyl (C=O) groups is 2. The zero-order valence-electron chi connectivity index (χ0n) is 15.1. The summed E-state index contributed by atoms with van der Waals surface area (Å²) < 4.78 is 10.1. The van der Waals surface area contributed by atoms with Crippen LogP contribution in [-0.2, 0) is 15.9 Å². The van der Waals surface area contributed by atoms with Crippen molar-refractivity contribution in [3.05, 3.63) is 29.1 Å². The quantitative estimate of drug-likeness (QED) is 0.745. The van der Waals surface area contributed by atoms with Gasteiger partial charge in [0.25, 0.3) is 0 Å². The molecule has 25 heavy (non-hydrogen) atoms. The van der Waals surface area contributed by atoms with Gasteiger partial charge in [-0.25, -0.2) is 14.6 Å². The van der Waals surface area contributed by atoms with Crippen molar-refractivity contribution in [1.82, 2.24) is 9.97 Å². The summed E-state index contributed by atoms with van der Waals surface area (Å²) in [5.74, 6) is -0.953. The maximum atomic E-state index is 12.1. The van der Waals surface area contributed by atoms with Crippen molar-refractivity contribution < 1.29 is 19.1 Å². The number of esters is 2. The minimum atomic E-state index is -0.497. The van der Waals surface area contributed by atoms with E-state index in [1.165, 1.54) is 0 Å². The average molecular weight is 347 g/mol. The molecule has 0 saturated heterocycles. The van der Waals surface area contributed by atoms with E-state index in [1.807, 2.05) is 13.8 Å². The summed E-state index contributed by atoms with van der Waals surface area (Å²) in [5, 5.41) is 0.776. The molecular formula is C18H25N3O4. The lowest BCUT2D eigenvalue weighted by Gasteiger charge is -2.22. The van der Waals surface area contributed by atoms with Crippen LogP contribution < -0.4 is 5.73 Å². The van der Waals surface area contributed by atoms with Crippen molar-refractivity contribution in [2.24, 2.45) is 11.1 Å². The van der Waals surface area contributed by atoms with Gasteiger partial charge in [0.15, 0.2) is 5.69 Å². The van der Waals surface area contributed by atoms with Crippen molar-refractivity contribution in [2.45, 2.75) is 34.1 Å². The maximum Gasteiger partial charge on any atom is 0.357 e. The molecule has 2 rings (SSSR count). The van der Waals surface area contributed by atoms with Crippen LogP contribution in [0.3, 0.4) is 0 Å². The van der Waals surface area contributed by atoms with Crippen molar-refractivity contribution in [3.8, 4) is 0 Å². The van der Waals surface area contributed by atoms with Crippen LogP contribution in [0, 0.1) is 5.41 Å². The molecule has 7 nitrogen and oxygen atoms in total. The van der Waals surface area contributed by atoms with Gasteiger partial charge in [-0.15, -0.1) is 0 Å². The molecule has 0 unspecified atom stereocenters. The number of hydrogen-bond donors (Lipinski definition) is 2. The minimum Gasteiger partial charge on any atom is -0.461 e. The highest BCUT2D eigenvalue weighted by Crippen LogP contribution is 2.27. The molecule has 2 aromatic rings. The first-order valence-corrected chi connectivity index (χ1v) is 8.38. The highest BCUT2D eigenvalue weighted by molar-refractivity contribution is 5.97. The number of fused-ring (bicyclic) bond motifs is 1. The Morgan fingerprint density at radius 3 is 2.40 bits per heavy atom. The monoisotopic (exact) mass is 347 g/mol. The third-order valence-electron chi connectivity index (χ3n) is 3.89. The molecule has 0 saturated carbocycles. The largest absolute Gasteiger partial charge is 0.461 e. The van der Waals surface area contributed by atoms with E-state index >= 15 is 0 Å². The molecule has 2 heterocycles. The van der Waals surface area contributed by atoms with Crippen molar-refractivity contribution in [3.63, 3.8) is 0 Å². The summed E-state index contributed by atoms with van der Waals surface area (Å²) in [5.41, 5.74) is 7.53. The highest BCUT2D eigenvalue weighted by Gasteiger charge is 2.22. The zero-order chi connectivity index (χ0) is 18.6. The summed E-state index contributed by atoms with van der Waals surface area (Å²) >= 11 is 0. The van der Waals surface area contributed by atoms with Gasteiger partial charge in [0, 0.05) is 5.39 Å². The predicted molar refractivity (Wildman–Crippen MR) is 94.5 cm³/mol. The second kappa shape index (κ2) is 7.65. The van der Waals surface area contributed by atoms with Crippen LogP contribution >= 0.6 is 0 Å². The van der Waals surface area contributed by atoms with E-state index in [2.05, 4.69) is 9.97 Å². The van der Waals surface area contributed by atoms with Crippen LogP contribution in [0.25, 0.3) is 11.0 Å². The van der Waals surface area contributed by atoms with E-state index in [0.29, 0.717) is 24.3 Å². The van der Waals surface area contributed by atoms with Crippen LogP contribution in [0.4, 0.5) is 0 Å². The third kappa shape index (κ3) is 4.36. The third-order valence-corrected chi connectivity index (χ3v) is 3.89. The van der Waals surface area contributed by atoms with Gasteiger partial charge in [0.05, 0.1) is 13.2 Å². The predicted octanol–water partition coefficient (Wildman–Crippen LogP) is 2.44. The number of nitrogens with one attached hydrogen (secondary N) is 1. The molecule has 0 aliphatic carbocycles. The number of nitrogens with two attached hydrogens (primary N) is 1. The second-order valence-corrected chi connectivity index (χ2v) is 6.60. The first-order valence-electron chi connectivity index (χ1n) is 8.38. The van der Waals surface area contributed by atoms with Crippen LogP contribution in [0.1, 0.15) is 54.2 Å². The molecule has 0 spiro atoms. The Hall–Kier alpha value is -2.41. The first-order chi connectivity index (χ1) is 11.8. The SMILES string of the molecule is CCOC(=O)c1cc(CC(C)(C)CN)c2cc(C(=O)OCC)[nH]c2n1. The average Bonchev–Trinajstić information content (AvgIpc) is 2.99. The maximum absolute atomic E-state index is 12.1. The Balaban J connectivity index is 2.56. The Labute approximate surface area is 146 Å². The number of aromatic amines is 1. The minimum absolute atomic E-state index is 0.165. The van der Waals surface area contributed by atoms with Crippen LogP contribution in [0.5, 0.6) is 0 Å². The van der Waals surface area contributed by atoms with Crippen molar-refractivity contribution >= 4 is 23.0 Å². The van der Waals surface area contributed by atoms with E-state index in [9.17, 15) is 9.59 Å². The van der Waals surface area contributed by atoms with Crippen LogP contribution in [-0.4, -0.2) is 41.7 Å². The molecular weight excluding hydrogens is 322 g/mol. The summed E-state index contributed by atoms with van der Waals surface area (Å²) in [6.07, 6.45) is 0.634. The van der Waals surface area contributed by atoms with E-state index in [0.717, 1.165) is 10.9 Å². The Morgan fingerprint density at radius 1 is 1.16 bits per heavy atom. The van der Waals surface area contributed by atoms with E-state index in [1.54, 1.807) is 26.0 Å². The number of rotatable bonds is 7. The molecule has 0 amide bonds. The number of nitrogens with zero attached hydrogens (tertiary/aromatic N) is 1. The van der Waals surface area contributed by atoms with Gasteiger partial charge >= 0.3 is 11.9 Å². The van der Waals surface area contributed by atoms with Crippen molar-refractivity contribution in [1.29, 1.82) is 0 Å². The molecule has 2 aromatic heterocycles. The molecule has 136 valence electrons. The first kappa shape index (κ1) is 18.9. The molecule has 0 fully saturated rings. The smallest absolute Gasteiger partial charge is 0.357 e. The summed E-state index contributed by atoms with van der Waals surface area (Å²) in [6.45, 7) is 8.60. The van der Waals surface area contributed by atoms with Gasteiger partial charge in [-0.05, 0) is 49.9 Å². The van der Waals surface area contributed by atoms with Gasteiger partial charge in [-0.1, -0.05) is 13.8 Å². The summed E-state index contributed by atoms with van der Waals surface area (Å²) in [6, 6.07) is 3.41. The van der Waals surface area contributed by atoms with E-state index < -0.39 is 11.9 Å². The molecule has 7 heteroatoms. The fourth-order valence-electron chi connectivity index (χ4n) is 2.53. The van der Waals surface area contributed by atoms with Crippen LogP contribution in [0.2, 0.25) is 0 Å². The van der Waals surface area contributed by atoms with Gasteiger partial charge in [-0.2, -0.15) is 0 Å². The number of hydrogen-bond acceptors (Lipinski definition) is 6. The fraction of sp³-hybridized carbons (Fsp3) is 0.500. The molecule has 0 atom stereocenters. The van der Waals surface area contributed by atoms with Crippen molar-refractivity contribution in [2.75, 3.05) is 19.8 Å². The molecule has 0 aromatic carbocycles. The highest BCUT2D eigenvalue weighted by atomic mass is 16.5. The van der Waals surface area contributed by atoms with Gasteiger partial charge < -0.3 is 20.2 Å². The number of aromatic nitrogens is 2. The summed E-state index contributed by atoms with van der Waals surface area (Å²) in [7, 11) is 0. The van der Waals surface area contributed by atoms with Crippen LogP contribution in [0.15, 0.2) is 12.1 Å². The molecule has 3 N–H and O–H groups in total. The van der Waals surface area contributed by atoms with Gasteiger partial charge in [-0.3, -0.25) is 0 Å². The Bertz CT molecular complexity index is 780. The molecule has 0 radical (unpaired) electrons. The van der Waals surface area contributed by atoms with E-state index in [-0.39, 0.29) is 24.3 Å². The topological polar surface area (TPSA) is 107 Å². The molecule has 0 aliphatic heterocycles. The number of pyridine rings is 1. The van der Waals surface area contributed by atoms with E-state index in [4.69, 9.17) is 15.2 Å². The number of carbonyl (C=O) groups excluding carboxylic acids is 2. The standard InChI is InChI=1S/C18H25N3O4/c1-5-24-16(22)13-7-11(9-18(3,4)10-19)12-8-14(17(23)25-6-2)21-15(12)20-13/h7-8H,5-6,9-10,19H2,1-4H3,(H,20,21). The second-order valence-electron chi connectivity index (χ2n) is 6.60. The Kier molecular flexibility index (Phi) is 5.79.